The van der Waals surface area contributed by atoms with Gasteiger partial charge in [0.25, 0.3) is 0 Å². The van der Waals surface area contributed by atoms with Gasteiger partial charge in [-0.3, -0.25) is 14.6 Å². The molecule has 0 bridgehead atoms. The molecule has 4 rings (SSSR count). The van der Waals surface area contributed by atoms with E-state index >= 15 is 0 Å². The number of nitrogens with zero attached hydrogens (tertiary/aromatic N) is 4. The first kappa shape index (κ1) is 22.9. The highest BCUT2D eigenvalue weighted by Crippen LogP contribution is 2.28. The van der Waals surface area contributed by atoms with E-state index in [4.69, 9.17) is 9.72 Å². The molecule has 0 radical (unpaired) electrons. The zero-order valence-electron chi connectivity index (χ0n) is 19.3. The number of carbonyl (C=O) groups excluding carboxylic acids is 1. The molecule has 2 aromatic carbocycles. The number of fused-ring (bicyclic) bond motifs is 1. The Hall–Kier alpha value is -3.32. The highest BCUT2D eigenvalue weighted by Gasteiger charge is 2.28. The van der Waals surface area contributed by atoms with E-state index in [0.29, 0.717) is 50.7 Å². The summed E-state index contributed by atoms with van der Waals surface area (Å²) < 4.78 is 19.4. The lowest BCUT2D eigenvalue weighted by atomic mass is 10.0. The molecule has 0 unspecified atom stereocenters. The van der Waals surface area contributed by atoms with Gasteiger partial charge in [0, 0.05) is 24.2 Å². The van der Waals surface area contributed by atoms with Crippen LogP contribution in [-0.2, 0) is 24.3 Å². The molecule has 0 N–H and O–H groups in total. The SMILES string of the molecule is Cc1ccccc1OCCN1C(=O)CCc2c(C)nc(CN(C)Cc3cccc(F)c3)nc21. The lowest BCUT2D eigenvalue weighted by Crippen LogP contribution is -2.39. The zero-order valence-corrected chi connectivity index (χ0v) is 19.3. The van der Waals surface area contributed by atoms with Crippen LogP contribution in [-0.4, -0.2) is 41.0 Å². The van der Waals surface area contributed by atoms with E-state index in [-0.39, 0.29) is 11.7 Å². The van der Waals surface area contributed by atoms with Crippen molar-refractivity contribution < 1.29 is 13.9 Å². The maximum Gasteiger partial charge on any atom is 0.228 e. The minimum atomic E-state index is -0.246. The Morgan fingerprint density at radius 1 is 1.06 bits per heavy atom. The lowest BCUT2D eigenvalue weighted by molar-refractivity contribution is -0.119. The minimum Gasteiger partial charge on any atom is -0.491 e. The van der Waals surface area contributed by atoms with Crippen molar-refractivity contribution >= 4 is 11.7 Å². The van der Waals surface area contributed by atoms with Crippen molar-refractivity contribution in [2.24, 2.45) is 0 Å². The van der Waals surface area contributed by atoms with Crippen molar-refractivity contribution in [3.63, 3.8) is 0 Å². The topological polar surface area (TPSA) is 58.6 Å². The second-order valence-corrected chi connectivity index (χ2v) is 8.49. The molecule has 0 saturated heterocycles. The number of benzene rings is 2. The molecule has 33 heavy (non-hydrogen) atoms. The summed E-state index contributed by atoms with van der Waals surface area (Å²) in [5, 5.41) is 0. The van der Waals surface area contributed by atoms with Crippen LogP contribution < -0.4 is 9.64 Å². The van der Waals surface area contributed by atoms with Crippen LogP contribution in [0.5, 0.6) is 5.75 Å². The summed E-state index contributed by atoms with van der Waals surface area (Å²) in [5.41, 5.74) is 3.86. The van der Waals surface area contributed by atoms with E-state index in [1.165, 1.54) is 12.1 Å². The largest absolute Gasteiger partial charge is 0.491 e. The molecule has 1 aromatic heterocycles. The number of hydrogen-bond acceptors (Lipinski definition) is 5. The van der Waals surface area contributed by atoms with Crippen molar-refractivity contribution in [2.45, 2.75) is 39.8 Å². The second-order valence-electron chi connectivity index (χ2n) is 8.49. The van der Waals surface area contributed by atoms with Gasteiger partial charge < -0.3 is 4.74 Å². The fourth-order valence-electron chi connectivity index (χ4n) is 4.15. The quantitative estimate of drug-likeness (QED) is 0.516. The number of halogens is 1. The Labute approximate surface area is 194 Å². The summed E-state index contributed by atoms with van der Waals surface area (Å²) in [6, 6.07) is 14.4. The first-order valence-electron chi connectivity index (χ1n) is 11.2. The van der Waals surface area contributed by atoms with Gasteiger partial charge in [0.1, 0.15) is 29.8 Å². The average Bonchev–Trinajstić information content (AvgIpc) is 2.76. The maximum atomic E-state index is 13.5. The van der Waals surface area contributed by atoms with Crippen molar-refractivity contribution in [3.05, 3.63) is 82.6 Å². The summed E-state index contributed by atoms with van der Waals surface area (Å²) in [6.45, 7) is 5.84. The fourth-order valence-corrected chi connectivity index (χ4v) is 4.15. The Morgan fingerprint density at radius 2 is 1.88 bits per heavy atom. The minimum absolute atomic E-state index is 0.0491. The van der Waals surface area contributed by atoms with Crippen LogP contribution in [0.1, 0.15) is 34.6 Å². The summed E-state index contributed by atoms with van der Waals surface area (Å²) in [5.74, 6) is 1.95. The molecule has 7 heteroatoms. The van der Waals surface area contributed by atoms with Gasteiger partial charge in [-0.05, 0) is 56.6 Å². The number of ether oxygens (including phenoxy) is 1. The van der Waals surface area contributed by atoms with Crippen molar-refractivity contribution in [1.82, 2.24) is 14.9 Å². The van der Waals surface area contributed by atoms with Gasteiger partial charge in [0.05, 0.1) is 13.1 Å². The van der Waals surface area contributed by atoms with Crippen molar-refractivity contribution in [3.8, 4) is 5.75 Å². The van der Waals surface area contributed by atoms with Crippen LogP contribution in [0.25, 0.3) is 0 Å². The van der Waals surface area contributed by atoms with E-state index in [0.717, 1.165) is 28.1 Å². The zero-order chi connectivity index (χ0) is 23.4. The van der Waals surface area contributed by atoms with Crippen LogP contribution >= 0.6 is 0 Å². The van der Waals surface area contributed by atoms with Gasteiger partial charge in [-0.15, -0.1) is 0 Å². The second kappa shape index (κ2) is 10.1. The summed E-state index contributed by atoms with van der Waals surface area (Å²) in [4.78, 5) is 26.0. The summed E-state index contributed by atoms with van der Waals surface area (Å²) in [6.07, 6.45) is 1.09. The number of para-hydroxylation sites is 1. The number of rotatable bonds is 8. The average molecular weight is 449 g/mol. The highest BCUT2D eigenvalue weighted by molar-refractivity contribution is 5.95. The number of aryl methyl sites for hydroxylation is 2. The molecule has 0 atom stereocenters. The Morgan fingerprint density at radius 3 is 2.67 bits per heavy atom. The predicted octanol–water partition coefficient (Wildman–Crippen LogP) is 4.22. The van der Waals surface area contributed by atoms with E-state index in [9.17, 15) is 9.18 Å². The van der Waals surface area contributed by atoms with Crippen LogP contribution in [0.2, 0.25) is 0 Å². The van der Waals surface area contributed by atoms with E-state index in [1.807, 2.05) is 56.1 Å². The van der Waals surface area contributed by atoms with E-state index in [2.05, 4.69) is 4.98 Å². The van der Waals surface area contributed by atoms with E-state index < -0.39 is 0 Å². The first-order valence-corrected chi connectivity index (χ1v) is 11.2. The third-order valence-electron chi connectivity index (χ3n) is 5.80. The molecule has 2 heterocycles. The fraction of sp³-hybridized carbons (Fsp3) is 0.346. The number of anilines is 1. The maximum absolute atomic E-state index is 13.5. The van der Waals surface area contributed by atoms with Gasteiger partial charge in [0.15, 0.2) is 0 Å². The van der Waals surface area contributed by atoms with Crippen LogP contribution in [0.3, 0.4) is 0 Å². The molecule has 3 aromatic rings. The molecule has 0 saturated carbocycles. The summed E-state index contributed by atoms with van der Waals surface area (Å²) in [7, 11) is 1.95. The van der Waals surface area contributed by atoms with Gasteiger partial charge in [0.2, 0.25) is 5.91 Å². The molecule has 1 amide bonds. The molecule has 0 fully saturated rings. The third-order valence-corrected chi connectivity index (χ3v) is 5.80. The smallest absolute Gasteiger partial charge is 0.228 e. The van der Waals surface area contributed by atoms with Crippen LogP contribution in [0.4, 0.5) is 10.2 Å². The molecule has 6 nitrogen and oxygen atoms in total. The Bertz CT molecular complexity index is 1150. The molecule has 172 valence electrons. The Balaban J connectivity index is 1.48. The monoisotopic (exact) mass is 448 g/mol. The number of amides is 1. The third kappa shape index (κ3) is 5.54. The molecule has 1 aliphatic heterocycles. The number of aromatic nitrogens is 2. The van der Waals surface area contributed by atoms with Crippen LogP contribution in [0.15, 0.2) is 48.5 Å². The summed E-state index contributed by atoms with van der Waals surface area (Å²) >= 11 is 0. The molecular formula is C26H29FN4O2. The number of carbonyl (C=O) groups is 1. The van der Waals surface area contributed by atoms with Crippen molar-refractivity contribution in [2.75, 3.05) is 25.1 Å². The first-order chi connectivity index (χ1) is 15.9. The predicted molar refractivity (Wildman–Crippen MR) is 126 cm³/mol. The van der Waals surface area contributed by atoms with Crippen LogP contribution in [0, 0.1) is 19.7 Å². The van der Waals surface area contributed by atoms with Gasteiger partial charge in [-0.1, -0.05) is 30.3 Å². The standard InChI is InChI=1S/C26H29FN4O2/c1-18-7-4-5-10-23(18)33-14-13-31-25(32)12-11-22-19(2)28-24(29-26(22)31)17-30(3)16-20-8-6-9-21(27)15-20/h4-10,15H,11-14,16-17H2,1-3H3. The van der Waals surface area contributed by atoms with Crippen molar-refractivity contribution in [1.29, 1.82) is 0 Å². The normalized spacial score (nSPS) is 13.4. The highest BCUT2D eigenvalue weighted by atomic mass is 19.1. The molecule has 1 aliphatic rings. The van der Waals surface area contributed by atoms with Gasteiger partial charge in [-0.25, -0.2) is 14.4 Å². The molecular weight excluding hydrogens is 419 g/mol. The molecule has 0 aliphatic carbocycles. The lowest BCUT2D eigenvalue weighted by Gasteiger charge is -2.29. The van der Waals surface area contributed by atoms with Gasteiger partial charge >= 0.3 is 0 Å². The van der Waals surface area contributed by atoms with E-state index in [1.54, 1.807) is 11.0 Å². The van der Waals surface area contributed by atoms with Gasteiger partial charge in [-0.2, -0.15) is 0 Å². The molecule has 0 spiro atoms. The Kier molecular flexibility index (Phi) is 6.99. The number of hydrogen-bond donors (Lipinski definition) is 0.